The number of nitrogens with zero attached hydrogens (tertiary/aromatic N) is 1. The fraction of sp³-hybridized carbons (Fsp3) is 0.316. The molecular formula is C19H21N2O4S-. The Morgan fingerprint density at radius 1 is 1.00 bits per heavy atom. The van der Waals surface area contributed by atoms with Crippen molar-refractivity contribution in [1.82, 2.24) is 0 Å². The van der Waals surface area contributed by atoms with Crippen LogP contribution in [0.2, 0.25) is 0 Å². The molecular weight excluding hydrogens is 352 g/mol. The summed E-state index contributed by atoms with van der Waals surface area (Å²) < 4.78 is 27.6. The summed E-state index contributed by atoms with van der Waals surface area (Å²) >= 11 is 0. The van der Waals surface area contributed by atoms with Crippen molar-refractivity contribution >= 4 is 27.4 Å². The van der Waals surface area contributed by atoms with Crippen LogP contribution in [0.15, 0.2) is 53.4 Å². The monoisotopic (exact) mass is 373 g/mol. The van der Waals surface area contributed by atoms with Gasteiger partial charge in [0.05, 0.1) is 4.90 Å². The van der Waals surface area contributed by atoms with Crippen molar-refractivity contribution in [3.63, 3.8) is 0 Å². The maximum absolute atomic E-state index is 12.5. The summed E-state index contributed by atoms with van der Waals surface area (Å²) in [5, 5.41) is 10.5. The second-order valence-electron chi connectivity index (χ2n) is 6.36. The minimum absolute atomic E-state index is 0.0896. The smallest absolute Gasteiger partial charge is 0.261 e. The molecule has 0 saturated carbocycles. The first kappa shape index (κ1) is 18.3. The van der Waals surface area contributed by atoms with E-state index in [2.05, 4.69) is 9.62 Å². The van der Waals surface area contributed by atoms with E-state index in [1.165, 1.54) is 25.0 Å². The summed E-state index contributed by atoms with van der Waals surface area (Å²) in [5.74, 6) is -1.12. The number of hydrogen-bond donors (Lipinski definition) is 1. The summed E-state index contributed by atoms with van der Waals surface area (Å²) in [4.78, 5) is 12.9. The van der Waals surface area contributed by atoms with Crippen molar-refractivity contribution in [3.05, 3.63) is 54.1 Å². The first-order chi connectivity index (χ1) is 12.4. The highest BCUT2D eigenvalue weighted by atomic mass is 32.2. The first-order valence-electron chi connectivity index (χ1n) is 8.61. The third-order valence-corrected chi connectivity index (χ3v) is 5.84. The van der Waals surface area contributed by atoms with Crippen molar-refractivity contribution < 1.29 is 18.3 Å². The molecule has 0 amide bonds. The summed E-state index contributed by atoms with van der Waals surface area (Å²) in [7, 11) is -3.69. The number of benzene rings is 2. The van der Waals surface area contributed by atoms with Gasteiger partial charge in [-0.2, -0.15) is 0 Å². The molecule has 0 spiro atoms. The van der Waals surface area contributed by atoms with E-state index < -0.39 is 16.0 Å². The Morgan fingerprint density at radius 3 is 2.19 bits per heavy atom. The highest BCUT2D eigenvalue weighted by molar-refractivity contribution is 7.92. The van der Waals surface area contributed by atoms with E-state index in [0.29, 0.717) is 12.1 Å². The fourth-order valence-corrected chi connectivity index (χ4v) is 4.07. The number of carboxylic acids is 1. The molecule has 0 unspecified atom stereocenters. The maximum Gasteiger partial charge on any atom is 0.261 e. The molecule has 0 bridgehead atoms. The molecule has 6 nitrogen and oxygen atoms in total. The van der Waals surface area contributed by atoms with Crippen LogP contribution in [0.1, 0.15) is 24.8 Å². The molecule has 0 atom stereocenters. The molecule has 1 aliphatic heterocycles. The number of hydrogen-bond acceptors (Lipinski definition) is 5. The van der Waals surface area contributed by atoms with E-state index in [9.17, 15) is 18.3 Å². The Hall–Kier alpha value is -2.54. The average molecular weight is 373 g/mol. The Labute approximate surface area is 153 Å². The molecule has 26 heavy (non-hydrogen) atoms. The number of carbonyl (C=O) groups is 1. The van der Waals surface area contributed by atoms with E-state index >= 15 is 0 Å². The first-order valence-corrected chi connectivity index (χ1v) is 10.1. The second-order valence-corrected chi connectivity index (χ2v) is 8.04. The van der Waals surface area contributed by atoms with Crippen molar-refractivity contribution in [2.75, 3.05) is 22.7 Å². The molecule has 1 N–H and O–H groups in total. The Bertz CT molecular complexity index is 855. The predicted molar refractivity (Wildman–Crippen MR) is 98.5 cm³/mol. The number of rotatable bonds is 7. The molecule has 0 aromatic heterocycles. The van der Waals surface area contributed by atoms with E-state index in [1.807, 2.05) is 12.1 Å². The highest BCUT2D eigenvalue weighted by Crippen LogP contribution is 2.23. The molecule has 1 fully saturated rings. The van der Waals surface area contributed by atoms with Gasteiger partial charge in [-0.1, -0.05) is 12.1 Å². The van der Waals surface area contributed by atoms with E-state index in [-0.39, 0.29) is 11.3 Å². The predicted octanol–water partition coefficient (Wildman–Crippen LogP) is 1.77. The quantitative estimate of drug-likeness (QED) is 0.799. The third kappa shape index (κ3) is 4.54. The number of carboxylic acid groups (broad SMARTS) is 1. The van der Waals surface area contributed by atoms with Crippen LogP contribution in [-0.4, -0.2) is 27.5 Å². The standard InChI is InChI=1S/C19H22N2O4S/c22-19(23)12-5-15-3-10-18(11-4-15)26(24,25)20-16-6-8-17(9-7-16)21-13-1-2-14-21/h3-4,6-11,20H,1-2,5,12-14H2,(H,22,23)/p-1. The van der Waals surface area contributed by atoms with Crippen LogP contribution >= 0.6 is 0 Å². The molecule has 0 aliphatic carbocycles. The lowest BCUT2D eigenvalue weighted by atomic mass is 10.1. The second kappa shape index (κ2) is 7.78. The molecule has 1 heterocycles. The van der Waals surface area contributed by atoms with E-state index in [0.717, 1.165) is 24.3 Å². The molecule has 138 valence electrons. The SMILES string of the molecule is O=C([O-])CCc1ccc(S(=O)(=O)Nc2ccc(N3CCCC3)cc2)cc1. The topological polar surface area (TPSA) is 89.5 Å². The minimum atomic E-state index is -3.69. The Kier molecular flexibility index (Phi) is 5.46. The minimum Gasteiger partial charge on any atom is -0.550 e. The van der Waals surface area contributed by atoms with Crippen LogP contribution in [0.5, 0.6) is 0 Å². The summed E-state index contributed by atoms with van der Waals surface area (Å²) in [6, 6.07) is 13.6. The van der Waals surface area contributed by atoms with Crippen molar-refractivity contribution in [3.8, 4) is 0 Å². The van der Waals surface area contributed by atoms with Gasteiger partial charge in [-0.3, -0.25) is 4.72 Å². The lowest BCUT2D eigenvalue weighted by Gasteiger charge is -2.18. The maximum atomic E-state index is 12.5. The molecule has 2 aromatic rings. The molecule has 0 radical (unpaired) electrons. The number of aryl methyl sites for hydroxylation is 1. The van der Waals surface area contributed by atoms with Gasteiger partial charge in [-0.05, 0) is 67.6 Å². The number of anilines is 2. The molecule has 7 heteroatoms. The summed E-state index contributed by atoms with van der Waals surface area (Å²) in [6.45, 7) is 2.07. The van der Waals surface area contributed by atoms with Crippen LogP contribution in [0.3, 0.4) is 0 Å². The summed E-state index contributed by atoms with van der Waals surface area (Å²) in [5.41, 5.74) is 2.36. The van der Waals surface area contributed by atoms with E-state index in [4.69, 9.17) is 0 Å². The molecule has 3 rings (SSSR count). The largest absolute Gasteiger partial charge is 0.550 e. The zero-order valence-corrected chi connectivity index (χ0v) is 15.2. The normalized spacial score (nSPS) is 14.4. The van der Waals surface area contributed by atoms with Gasteiger partial charge in [0.25, 0.3) is 10.0 Å². The van der Waals surface area contributed by atoms with Crippen LogP contribution in [-0.2, 0) is 21.2 Å². The lowest BCUT2D eigenvalue weighted by Crippen LogP contribution is -2.22. The number of sulfonamides is 1. The van der Waals surface area contributed by atoms with Crippen molar-refractivity contribution in [2.24, 2.45) is 0 Å². The zero-order valence-electron chi connectivity index (χ0n) is 14.3. The van der Waals surface area contributed by atoms with E-state index in [1.54, 1.807) is 24.3 Å². The van der Waals surface area contributed by atoms with Gasteiger partial charge >= 0.3 is 0 Å². The van der Waals surface area contributed by atoms with Gasteiger partial charge < -0.3 is 14.8 Å². The molecule has 1 saturated heterocycles. The Balaban J connectivity index is 1.67. The van der Waals surface area contributed by atoms with Crippen molar-refractivity contribution in [2.45, 2.75) is 30.6 Å². The van der Waals surface area contributed by atoms with Gasteiger partial charge in [0.15, 0.2) is 0 Å². The van der Waals surface area contributed by atoms with Crippen LogP contribution in [0.4, 0.5) is 11.4 Å². The van der Waals surface area contributed by atoms with Crippen molar-refractivity contribution in [1.29, 1.82) is 0 Å². The van der Waals surface area contributed by atoms with Crippen LogP contribution in [0.25, 0.3) is 0 Å². The fourth-order valence-electron chi connectivity index (χ4n) is 3.01. The van der Waals surface area contributed by atoms with Gasteiger partial charge in [-0.25, -0.2) is 8.42 Å². The van der Waals surface area contributed by atoms with Gasteiger partial charge in [0.1, 0.15) is 0 Å². The molecule has 2 aromatic carbocycles. The molecule has 1 aliphatic rings. The van der Waals surface area contributed by atoms with Crippen LogP contribution < -0.4 is 14.7 Å². The number of aliphatic carboxylic acids is 1. The summed E-state index contributed by atoms with van der Waals surface area (Å²) in [6.07, 6.45) is 2.60. The Morgan fingerprint density at radius 2 is 1.62 bits per heavy atom. The van der Waals surface area contributed by atoms with Gasteiger partial charge in [0, 0.05) is 30.4 Å². The number of nitrogens with one attached hydrogen (secondary N) is 1. The third-order valence-electron chi connectivity index (χ3n) is 4.44. The lowest BCUT2D eigenvalue weighted by molar-refractivity contribution is -0.305. The van der Waals surface area contributed by atoms with Gasteiger partial charge in [-0.15, -0.1) is 0 Å². The van der Waals surface area contributed by atoms with Gasteiger partial charge in [0.2, 0.25) is 0 Å². The number of carbonyl (C=O) groups excluding carboxylic acids is 1. The zero-order chi connectivity index (χ0) is 18.6. The van der Waals surface area contributed by atoms with Crippen LogP contribution in [0, 0.1) is 0 Å². The average Bonchev–Trinajstić information content (AvgIpc) is 3.15. The highest BCUT2D eigenvalue weighted by Gasteiger charge is 2.15.